The van der Waals surface area contributed by atoms with E-state index >= 15 is 0 Å². The van der Waals surface area contributed by atoms with E-state index in [1.165, 1.54) is 6.08 Å². The van der Waals surface area contributed by atoms with Crippen molar-refractivity contribution in [1.82, 2.24) is 10.1 Å². The largest absolute Gasteiger partial charge is 0.475 e. The summed E-state index contributed by atoms with van der Waals surface area (Å²) < 4.78 is 18.6. The van der Waals surface area contributed by atoms with Crippen LogP contribution < -0.4 is 4.74 Å². The Morgan fingerprint density at radius 2 is 1.91 bits per heavy atom. The van der Waals surface area contributed by atoms with Crippen LogP contribution in [-0.4, -0.2) is 55.2 Å². The zero-order chi connectivity index (χ0) is 26.0. The number of ketones is 2. The maximum absolute atomic E-state index is 14.4. The van der Waals surface area contributed by atoms with Gasteiger partial charge in [0.1, 0.15) is 5.56 Å². The van der Waals surface area contributed by atoms with Crippen LogP contribution >= 0.6 is 0 Å². The Balaban J connectivity index is 2.27. The van der Waals surface area contributed by atoms with Crippen LogP contribution in [0.2, 0.25) is 18.1 Å². The van der Waals surface area contributed by atoms with E-state index in [4.69, 9.17) is 13.7 Å². The molecule has 7 nitrogen and oxygen atoms in total. The van der Waals surface area contributed by atoms with Gasteiger partial charge in [0.15, 0.2) is 25.5 Å². The van der Waals surface area contributed by atoms with Gasteiger partial charge in [0.05, 0.1) is 12.6 Å². The van der Waals surface area contributed by atoms with Crippen LogP contribution in [0.3, 0.4) is 0 Å². The number of fused-ring (bicyclic) bond motifs is 2. The van der Waals surface area contributed by atoms with Crippen LogP contribution in [0.5, 0.6) is 5.88 Å². The van der Waals surface area contributed by atoms with E-state index in [1.807, 2.05) is 6.08 Å². The number of carbonyl (C=O) groups excluding carboxylic acids is 2. The molecule has 3 atom stereocenters. The van der Waals surface area contributed by atoms with Crippen LogP contribution in [0.1, 0.15) is 69.1 Å². The average Bonchev–Trinajstić information content (AvgIpc) is 3.19. The van der Waals surface area contributed by atoms with Gasteiger partial charge in [0.25, 0.3) is 5.88 Å². The van der Waals surface area contributed by atoms with Crippen molar-refractivity contribution in [3.63, 3.8) is 0 Å². The van der Waals surface area contributed by atoms with Crippen molar-refractivity contribution in [1.29, 1.82) is 0 Å². The van der Waals surface area contributed by atoms with Gasteiger partial charge < -0.3 is 13.7 Å². The Labute approximate surface area is 210 Å². The smallest absolute Gasteiger partial charge is 0.265 e. The van der Waals surface area contributed by atoms with E-state index in [2.05, 4.69) is 64.0 Å². The normalized spacial score (nSPS) is 24.3. The maximum atomic E-state index is 14.4. The number of hydrogen-bond donors (Lipinski definition) is 0. The molecule has 0 spiro atoms. The van der Waals surface area contributed by atoms with Crippen molar-refractivity contribution < 1.29 is 23.3 Å². The van der Waals surface area contributed by atoms with E-state index in [1.54, 1.807) is 12.2 Å². The third-order valence-electron chi connectivity index (χ3n) is 7.53. The van der Waals surface area contributed by atoms with Gasteiger partial charge in [-0.25, -0.2) is 0 Å². The summed E-state index contributed by atoms with van der Waals surface area (Å²) in [5.74, 6) is -0.646. The van der Waals surface area contributed by atoms with Crippen molar-refractivity contribution in [2.75, 3.05) is 19.7 Å². The van der Waals surface area contributed by atoms with Crippen molar-refractivity contribution in [2.24, 2.45) is 5.92 Å². The predicted molar refractivity (Wildman–Crippen MR) is 139 cm³/mol. The number of hydrogen-bond acceptors (Lipinski definition) is 7. The van der Waals surface area contributed by atoms with Gasteiger partial charge in [-0.2, -0.15) is 0 Å². The highest BCUT2D eigenvalue weighted by molar-refractivity contribution is 6.74. The quantitative estimate of drug-likeness (QED) is 0.167. The minimum absolute atomic E-state index is 0.139. The molecule has 0 fully saturated rings. The van der Waals surface area contributed by atoms with Crippen molar-refractivity contribution in [3.05, 3.63) is 48.8 Å². The zero-order valence-electron chi connectivity index (χ0n) is 22.1. The summed E-state index contributed by atoms with van der Waals surface area (Å²) in [6.45, 7) is 21.8. The topological polar surface area (TPSA) is 81.9 Å². The third kappa shape index (κ3) is 4.76. The molecule has 2 aliphatic carbocycles. The SMILES string of the molecule is C=CCN(CC=C)[C@@H]1c2onc(OCCCC)c2C(=O)[C@@]2(O[Si](C)(C)C(C)(C)C)C(=O)C=CCC12. The third-order valence-corrected chi connectivity index (χ3v) is 12.0. The Hall–Kier alpha value is -2.29. The van der Waals surface area contributed by atoms with Gasteiger partial charge >= 0.3 is 0 Å². The van der Waals surface area contributed by atoms with E-state index in [-0.39, 0.29) is 22.3 Å². The Bertz CT molecular complexity index is 996. The highest BCUT2D eigenvalue weighted by Crippen LogP contribution is 2.54. The summed E-state index contributed by atoms with van der Waals surface area (Å²) in [6.07, 6.45) is 9.17. The van der Waals surface area contributed by atoms with Crippen molar-refractivity contribution >= 4 is 19.9 Å². The fourth-order valence-corrected chi connectivity index (χ4v) is 6.14. The summed E-state index contributed by atoms with van der Waals surface area (Å²) in [7, 11) is -2.57. The van der Waals surface area contributed by atoms with E-state index in [0.717, 1.165) is 12.8 Å². The highest BCUT2D eigenvalue weighted by Gasteiger charge is 2.65. The van der Waals surface area contributed by atoms with Crippen LogP contribution in [0.15, 0.2) is 42.0 Å². The summed E-state index contributed by atoms with van der Waals surface area (Å²) in [5.41, 5.74) is -1.44. The number of ether oxygens (including phenoxy) is 1. The summed E-state index contributed by atoms with van der Waals surface area (Å²) >= 11 is 0. The van der Waals surface area contributed by atoms with Gasteiger partial charge in [0.2, 0.25) is 5.78 Å². The summed E-state index contributed by atoms with van der Waals surface area (Å²) in [6, 6.07) is -0.437. The molecule has 35 heavy (non-hydrogen) atoms. The molecule has 0 aliphatic heterocycles. The average molecular weight is 501 g/mol. The summed E-state index contributed by atoms with van der Waals surface area (Å²) in [5, 5.41) is 3.95. The monoisotopic (exact) mass is 500 g/mol. The lowest BCUT2D eigenvalue weighted by Crippen LogP contribution is -2.66. The first-order chi connectivity index (χ1) is 16.5. The molecule has 1 aromatic heterocycles. The molecule has 2 aliphatic rings. The number of aromatic nitrogens is 1. The zero-order valence-corrected chi connectivity index (χ0v) is 23.1. The van der Waals surface area contributed by atoms with Gasteiger partial charge in [-0.1, -0.05) is 52.3 Å². The van der Waals surface area contributed by atoms with Gasteiger partial charge in [-0.3, -0.25) is 14.5 Å². The van der Waals surface area contributed by atoms with Crippen molar-refractivity contribution in [3.8, 4) is 5.88 Å². The lowest BCUT2D eigenvalue weighted by molar-refractivity contribution is -0.135. The molecule has 8 heteroatoms. The van der Waals surface area contributed by atoms with Crippen LogP contribution in [0.25, 0.3) is 0 Å². The molecule has 3 rings (SSSR count). The highest BCUT2D eigenvalue weighted by atomic mass is 28.4. The Morgan fingerprint density at radius 3 is 2.49 bits per heavy atom. The maximum Gasteiger partial charge on any atom is 0.265 e. The number of carbonyl (C=O) groups is 2. The minimum Gasteiger partial charge on any atom is -0.475 e. The number of unbranched alkanes of at least 4 members (excludes halogenated alkanes) is 1. The van der Waals surface area contributed by atoms with E-state index in [0.29, 0.717) is 31.9 Å². The first-order valence-electron chi connectivity index (χ1n) is 12.5. The predicted octanol–water partition coefficient (Wildman–Crippen LogP) is 5.67. The Morgan fingerprint density at radius 1 is 1.26 bits per heavy atom. The molecular weight excluding hydrogens is 460 g/mol. The van der Waals surface area contributed by atoms with E-state index < -0.39 is 31.7 Å². The first-order valence-corrected chi connectivity index (χ1v) is 15.4. The van der Waals surface area contributed by atoms with Crippen LogP contribution in [0.4, 0.5) is 0 Å². The molecule has 0 radical (unpaired) electrons. The van der Waals surface area contributed by atoms with E-state index in [9.17, 15) is 9.59 Å². The van der Waals surface area contributed by atoms with Gasteiger partial charge in [-0.15, -0.1) is 13.2 Å². The molecule has 1 aromatic rings. The summed E-state index contributed by atoms with van der Waals surface area (Å²) in [4.78, 5) is 30.3. The second-order valence-electron chi connectivity index (χ2n) is 10.9. The lowest BCUT2D eigenvalue weighted by Gasteiger charge is -2.52. The molecular formula is C27H40N2O5Si. The molecule has 1 heterocycles. The van der Waals surface area contributed by atoms with Gasteiger partial charge in [0, 0.05) is 19.0 Å². The Kier molecular flexibility index (Phi) is 8.08. The number of Topliss-reactive ketones (excluding diaryl/α,β-unsaturated/α-hetero) is 1. The second-order valence-corrected chi connectivity index (χ2v) is 15.7. The molecule has 0 aromatic carbocycles. The standard InChI is InChI=1S/C27H40N2O5Si/c1-9-12-18-32-25-21-23(33-28-25)22(29(16-10-2)17-11-3)19-14-13-15-20(30)27(19,24(21)31)34-35(7,8)26(4,5)6/h10-11,13,15,19,22H,2-3,9,12,14,16-18H2,1,4-8H3/t19?,22-,27-/m0/s1. The first kappa shape index (κ1) is 27.3. The molecule has 0 saturated carbocycles. The molecule has 192 valence electrons. The van der Waals surface area contributed by atoms with Crippen LogP contribution in [0, 0.1) is 5.92 Å². The van der Waals surface area contributed by atoms with Gasteiger partial charge in [-0.05, 0) is 42.2 Å². The molecule has 0 saturated heterocycles. The second kappa shape index (κ2) is 10.4. The van der Waals surface area contributed by atoms with Crippen molar-refractivity contribution in [2.45, 2.75) is 76.7 Å². The number of nitrogens with zero attached hydrogens (tertiary/aromatic N) is 2. The lowest BCUT2D eigenvalue weighted by atomic mass is 9.65. The van der Waals surface area contributed by atoms with Crippen LogP contribution in [-0.2, 0) is 9.22 Å². The molecule has 0 N–H and O–H groups in total. The molecule has 0 amide bonds. The fraction of sp³-hybridized carbons (Fsp3) is 0.593. The number of rotatable bonds is 11. The number of allylic oxidation sites excluding steroid dienone is 1. The fourth-order valence-electron chi connectivity index (χ4n) is 4.69. The minimum atomic E-state index is -2.57. The molecule has 1 unspecified atom stereocenters. The molecule has 0 bridgehead atoms.